The van der Waals surface area contributed by atoms with Crippen LogP contribution in [0.3, 0.4) is 0 Å². The third kappa shape index (κ3) is 8.53. The number of esters is 1. The molecule has 0 aliphatic rings. The molecule has 1 heterocycles. The van der Waals surface area contributed by atoms with E-state index < -0.39 is 11.9 Å². The molecule has 1 amide bonds. The molecule has 0 spiro atoms. The van der Waals surface area contributed by atoms with E-state index in [1.807, 2.05) is 84.9 Å². The first-order valence-electron chi connectivity index (χ1n) is 15.4. The summed E-state index contributed by atoms with van der Waals surface area (Å²) >= 11 is 1.41. The zero-order chi connectivity index (χ0) is 33.2. The van der Waals surface area contributed by atoms with Crippen LogP contribution in [0.4, 0.5) is 5.69 Å². The number of rotatable bonds is 15. The van der Waals surface area contributed by atoms with Crippen molar-refractivity contribution in [2.75, 3.05) is 23.8 Å². The fourth-order valence-electron chi connectivity index (χ4n) is 5.30. The number of carbonyl (C=O) groups excluding carboxylic acids is 3. The van der Waals surface area contributed by atoms with Crippen LogP contribution in [0, 0.1) is 0 Å². The van der Waals surface area contributed by atoms with Crippen molar-refractivity contribution in [1.82, 2.24) is 9.55 Å². The largest absolute Gasteiger partial charge is 0.480 e. The van der Waals surface area contributed by atoms with Crippen molar-refractivity contribution in [3.8, 4) is 0 Å². The Hall–Kier alpha value is -5.22. The molecule has 240 valence electrons. The molecule has 10 heteroatoms. The van der Waals surface area contributed by atoms with Crippen LogP contribution < -0.4 is 4.90 Å². The Balaban J connectivity index is 1.44. The van der Waals surface area contributed by atoms with Crippen LogP contribution in [-0.2, 0) is 33.7 Å². The average Bonchev–Trinajstić information content (AvgIpc) is 3.41. The fraction of sp³-hybridized carbons (Fsp3) is 0.216. The number of Topliss-reactive ketones (excluding diaryl/α,β-unsaturated/α-hetero) is 1. The summed E-state index contributed by atoms with van der Waals surface area (Å²) in [6.07, 6.45) is 0.734. The van der Waals surface area contributed by atoms with Gasteiger partial charge < -0.3 is 19.3 Å². The zero-order valence-corrected chi connectivity index (χ0v) is 26.8. The number of carbonyl (C=O) groups is 4. The molecule has 0 unspecified atom stereocenters. The van der Waals surface area contributed by atoms with E-state index in [2.05, 4.69) is 4.98 Å². The number of carboxylic acids is 1. The zero-order valence-electron chi connectivity index (χ0n) is 26.0. The van der Waals surface area contributed by atoms with E-state index in [1.165, 1.54) is 17.8 Å². The molecule has 0 aliphatic heterocycles. The number of amides is 1. The number of ketones is 1. The van der Waals surface area contributed by atoms with Crippen molar-refractivity contribution < 1.29 is 29.0 Å². The fourth-order valence-corrected chi connectivity index (χ4v) is 6.23. The molecule has 0 bridgehead atoms. The second kappa shape index (κ2) is 15.9. The number of nitrogens with zero attached hydrogens (tertiary/aromatic N) is 3. The highest BCUT2D eigenvalue weighted by molar-refractivity contribution is 7.99. The molecule has 47 heavy (non-hydrogen) atoms. The number of anilines is 1. The summed E-state index contributed by atoms with van der Waals surface area (Å²) < 4.78 is 6.88. The number of ether oxygens (including phenoxy) is 1. The van der Waals surface area contributed by atoms with Gasteiger partial charge in [-0.05, 0) is 54.8 Å². The predicted octanol–water partition coefficient (Wildman–Crippen LogP) is 6.48. The lowest BCUT2D eigenvalue weighted by molar-refractivity contribution is -0.137. The highest BCUT2D eigenvalue weighted by Crippen LogP contribution is 2.28. The molecule has 5 aromatic rings. The van der Waals surface area contributed by atoms with Gasteiger partial charge in [0.25, 0.3) is 0 Å². The van der Waals surface area contributed by atoms with Gasteiger partial charge in [-0.15, -0.1) is 0 Å². The number of aliphatic carboxylic acids is 1. The number of thioether (sulfide) groups is 1. The Morgan fingerprint density at radius 1 is 0.851 bits per heavy atom. The number of aromatic nitrogens is 2. The molecule has 5 rings (SSSR count). The van der Waals surface area contributed by atoms with Gasteiger partial charge >= 0.3 is 11.9 Å². The van der Waals surface area contributed by atoms with Gasteiger partial charge in [0, 0.05) is 24.3 Å². The number of carboxylic acid groups (broad SMARTS) is 1. The Bertz CT molecular complexity index is 1870. The monoisotopic (exact) mass is 649 g/mol. The molecule has 0 saturated carbocycles. The summed E-state index contributed by atoms with van der Waals surface area (Å²) in [5.41, 5.74) is 4.00. The molecular formula is C37H35N3O6S. The van der Waals surface area contributed by atoms with Gasteiger partial charge in [-0.1, -0.05) is 84.6 Å². The highest BCUT2D eigenvalue weighted by atomic mass is 32.2. The van der Waals surface area contributed by atoms with Crippen LogP contribution in [0.2, 0.25) is 0 Å². The van der Waals surface area contributed by atoms with Gasteiger partial charge in [0.1, 0.15) is 6.54 Å². The van der Waals surface area contributed by atoms with Crippen LogP contribution in [-0.4, -0.2) is 57.2 Å². The molecule has 0 aliphatic carbocycles. The number of para-hydroxylation sites is 2. The first-order chi connectivity index (χ1) is 22.8. The first-order valence-corrected chi connectivity index (χ1v) is 16.3. The van der Waals surface area contributed by atoms with E-state index in [1.54, 1.807) is 28.5 Å². The van der Waals surface area contributed by atoms with Crippen molar-refractivity contribution in [1.29, 1.82) is 0 Å². The molecule has 0 saturated heterocycles. The van der Waals surface area contributed by atoms with E-state index in [0.29, 0.717) is 28.5 Å². The molecule has 1 aromatic heterocycles. The SMILES string of the molecule is CCOC(=O)c1ccc(N(CCCSc2nc3ccccc3n2CC(=O)O)C(=O)Cc2ccccc2)c(C(=O)Cc2ccccc2)c1. The van der Waals surface area contributed by atoms with Crippen molar-refractivity contribution in [3.05, 3.63) is 125 Å². The first kappa shape index (κ1) is 33.2. The van der Waals surface area contributed by atoms with Gasteiger partial charge in [0.15, 0.2) is 10.9 Å². The van der Waals surface area contributed by atoms with Crippen LogP contribution in [0.15, 0.2) is 108 Å². The van der Waals surface area contributed by atoms with Crippen molar-refractivity contribution in [3.63, 3.8) is 0 Å². The lowest BCUT2D eigenvalue weighted by atomic mass is 9.98. The standard InChI is InChI=1S/C37H35N3O6S/c1-2-46-36(45)28-18-19-31(29(24-28)33(41)22-26-12-5-3-6-13-26)39(34(42)23-27-14-7-4-8-15-27)20-11-21-47-37-38-30-16-9-10-17-32(30)40(37)25-35(43)44/h3-10,12-19,24H,2,11,20-23,25H2,1H3,(H,43,44). The summed E-state index contributed by atoms with van der Waals surface area (Å²) in [5, 5.41) is 10.1. The van der Waals surface area contributed by atoms with Gasteiger partial charge in [-0.25, -0.2) is 9.78 Å². The second-order valence-corrected chi connectivity index (χ2v) is 11.9. The van der Waals surface area contributed by atoms with E-state index in [0.717, 1.165) is 16.6 Å². The summed E-state index contributed by atoms with van der Waals surface area (Å²) in [6, 6.07) is 30.8. The minimum atomic E-state index is -0.966. The quantitative estimate of drug-likeness (QED) is 0.0593. The van der Waals surface area contributed by atoms with Crippen molar-refractivity contribution in [2.45, 2.75) is 37.9 Å². The van der Waals surface area contributed by atoms with E-state index in [-0.39, 0.29) is 55.4 Å². The maximum atomic E-state index is 14.0. The lowest BCUT2D eigenvalue weighted by Crippen LogP contribution is -2.35. The maximum absolute atomic E-state index is 14.0. The molecule has 0 fully saturated rings. The number of hydrogen-bond donors (Lipinski definition) is 1. The van der Waals surface area contributed by atoms with Gasteiger partial charge in [0.2, 0.25) is 5.91 Å². The Kier molecular flexibility index (Phi) is 11.2. The minimum absolute atomic E-state index is 0.0937. The number of fused-ring (bicyclic) bond motifs is 1. The molecule has 0 radical (unpaired) electrons. The third-order valence-corrected chi connectivity index (χ3v) is 8.54. The average molecular weight is 650 g/mol. The molecule has 0 atom stereocenters. The van der Waals surface area contributed by atoms with Crippen LogP contribution in [0.5, 0.6) is 0 Å². The Morgan fingerprint density at radius 2 is 1.51 bits per heavy atom. The molecule has 1 N–H and O–H groups in total. The maximum Gasteiger partial charge on any atom is 0.338 e. The van der Waals surface area contributed by atoms with Crippen LogP contribution >= 0.6 is 11.8 Å². The predicted molar refractivity (Wildman–Crippen MR) is 182 cm³/mol. The van der Waals surface area contributed by atoms with Crippen LogP contribution in [0.1, 0.15) is 45.2 Å². The number of imidazole rings is 1. The van der Waals surface area contributed by atoms with Gasteiger partial charge in [0.05, 0.1) is 35.3 Å². The molecule has 9 nitrogen and oxygen atoms in total. The van der Waals surface area contributed by atoms with Crippen LogP contribution in [0.25, 0.3) is 11.0 Å². The topological polar surface area (TPSA) is 119 Å². The lowest BCUT2D eigenvalue weighted by Gasteiger charge is -2.26. The van der Waals surface area contributed by atoms with E-state index in [9.17, 15) is 24.3 Å². The molecular weight excluding hydrogens is 614 g/mol. The molecule has 4 aromatic carbocycles. The third-order valence-electron chi connectivity index (χ3n) is 7.48. The smallest absolute Gasteiger partial charge is 0.338 e. The Morgan fingerprint density at radius 3 is 2.19 bits per heavy atom. The van der Waals surface area contributed by atoms with E-state index in [4.69, 9.17) is 4.74 Å². The summed E-state index contributed by atoms with van der Waals surface area (Å²) in [4.78, 5) is 58.3. The summed E-state index contributed by atoms with van der Waals surface area (Å²) in [6.45, 7) is 1.96. The van der Waals surface area contributed by atoms with E-state index >= 15 is 0 Å². The van der Waals surface area contributed by atoms with Gasteiger partial charge in [-0.2, -0.15) is 0 Å². The van der Waals surface area contributed by atoms with Gasteiger partial charge in [-0.3, -0.25) is 14.4 Å². The highest BCUT2D eigenvalue weighted by Gasteiger charge is 2.24. The Labute approximate surface area is 277 Å². The van der Waals surface area contributed by atoms with Crippen molar-refractivity contribution in [2.24, 2.45) is 0 Å². The normalized spacial score (nSPS) is 10.9. The minimum Gasteiger partial charge on any atom is -0.480 e. The summed E-state index contributed by atoms with van der Waals surface area (Å²) in [7, 11) is 0. The summed E-state index contributed by atoms with van der Waals surface area (Å²) in [5.74, 6) is -1.41. The van der Waals surface area contributed by atoms with Crippen molar-refractivity contribution >= 4 is 52.1 Å². The number of hydrogen-bond acceptors (Lipinski definition) is 7. The second-order valence-electron chi connectivity index (χ2n) is 10.8. The number of benzene rings is 4.